The molecular formula is C25H22O5. The van der Waals surface area contributed by atoms with Crippen molar-refractivity contribution in [3.05, 3.63) is 88.6 Å². The van der Waals surface area contributed by atoms with E-state index in [0.29, 0.717) is 41.3 Å². The maximum atomic E-state index is 13.4. The molecule has 30 heavy (non-hydrogen) atoms. The molecule has 1 heterocycles. The van der Waals surface area contributed by atoms with Crippen LogP contribution in [-0.2, 0) is 6.42 Å². The molecule has 3 aromatic carbocycles. The molecule has 0 saturated heterocycles. The molecule has 152 valence electrons. The van der Waals surface area contributed by atoms with E-state index in [9.17, 15) is 4.79 Å². The molecule has 0 amide bonds. The average molecular weight is 402 g/mol. The Labute approximate surface area is 174 Å². The van der Waals surface area contributed by atoms with Gasteiger partial charge in [-0.05, 0) is 5.56 Å². The first-order valence-electron chi connectivity index (χ1n) is 9.66. The van der Waals surface area contributed by atoms with Gasteiger partial charge in [0.25, 0.3) is 0 Å². The molecule has 0 atom stereocenters. The van der Waals surface area contributed by atoms with E-state index in [4.69, 9.17) is 18.6 Å². The Kier molecular flexibility index (Phi) is 5.70. The quantitative estimate of drug-likeness (QED) is 0.431. The van der Waals surface area contributed by atoms with E-state index in [1.165, 1.54) is 7.11 Å². The number of rotatable bonds is 7. The van der Waals surface area contributed by atoms with Crippen molar-refractivity contribution in [3.8, 4) is 28.6 Å². The van der Waals surface area contributed by atoms with Crippen molar-refractivity contribution in [2.45, 2.75) is 6.42 Å². The third-order valence-electron chi connectivity index (χ3n) is 4.86. The first-order valence-corrected chi connectivity index (χ1v) is 9.66. The Balaban J connectivity index is 1.83. The average Bonchev–Trinajstić information content (AvgIpc) is 2.80. The molecule has 0 radical (unpaired) electrons. The fraction of sp³-hybridized carbons (Fsp3) is 0.160. The number of benzene rings is 3. The largest absolute Gasteiger partial charge is 0.496 e. The SMILES string of the molecule is COc1cc(OC)c2c(=O)c(OCCc3ccccc3)c(-c3ccccc3)oc2c1. The van der Waals surface area contributed by atoms with Gasteiger partial charge in [0.2, 0.25) is 11.2 Å². The van der Waals surface area contributed by atoms with Crippen LogP contribution in [-0.4, -0.2) is 20.8 Å². The van der Waals surface area contributed by atoms with Crippen molar-refractivity contribution in [1.29, 1.82) is 0 Å². The summed E-state index contributed by atoms with van der Waals surface area (Å²) >= 11 is 0. The standard InChI is InChI=1S/C25H22O5/c1-27-19-15-20(28-2)22-21(16-19)30-24(18-11-7-4-8-12-18)25(23(22)26)29-14-13-17-9-5-3-6-10-17/h3-12,15-16H,13-14H2,1-2H3. The molecule has 0 aliphatic rings. The maximum Gasteiger partial charge on any atom is 0.239 e. The smallest absolute Gasteiger partial charge is 0.239 e. The van der Waals surface area contributed by atoms with Gasteiger partial charge in [-0.1, -0.05) is 60.7 Å². The van der Waals surface area contributed by atoms with Crippen molar-refractivity contribution in [1.82, 2.24) is 0 Å². The van der Waals surface area contributed by atoms with Crippen LogP contribution in [0.15, 0.2) is 82.0 Å². The molecule has 0 bridgehead atoms. The number of hydrogen-bond donors (Lipinski definition) is 0. The lowest BCUT2D eigenvalue weighted by Gasteiger charge is -2.14. The van der Waals surface area contributed by atoms with Crippen molar-refractivity contribution >= 4 is 11.0 Å². The predicted molar refractivity (Wildman–Crippen MR) is 117 cm³/mol. The maximum absolute atomic E-state index is 13.4. The first-order chi connectivity index (χ1) is 14.7. The van der Waals surface area contributed by atoms with Gasteiger partial charge in [0.05, 0.1) is 20.8 Å². The molecule has 1 aromatic heterocycles. The summed E-state index contributed by atoms with van der Waals surface area (Å²) in [4.78, 5) is 13.4. The molecule has 0 unspecified atom stereocenters. The highest BCUT2D eigenvalue weighted by atomic mass is 16.5. The lowest BCUT2D eigenvalue weighted by atomic mass is 10.1. The van der Waals surface area contributed by atoms with Crippen LogP contribution in [0.4, 0.5) is 0 Å². The summed E-state index contributed by atoms with van der Waals surface area (Å²) in [5.74, 6) is 1.48. The Morgan fingerprint density at radius 2 is 1.57 bits per heavy atom. The molecule has 0 fully saturated rings. The highest BCUT2D eigenvalue weighted by Gasteiger charge is 2.21. The Hall–Kier alpha value is -3.73. The third-order valence-corrected chi connectivity index (χ3v) is 4.86. The number of methoxy groups -OCH3 is 2. The molecule has 4 aromatic rings. The van der Waals surface area contributed by atoms with E-state index in [0.717, 1.165) is 11.1 Å². The predicted octanol–water partition coefficient (Wildman–Crippen LogP) is 5.10. The second-order valence-electron chi connectivity index (χ2n) is 6.74. The second-order valence-corrected chi connectivity index (χ2v) is 6.74. The second kappa shape index (κ2) is 8.74. The van der Waals surface area contributed by atoms with Crippen LogP contribution < -0.4 is 19.6 Å². The Morgan fingerprint density at radius 1 is 0.867 bits per heavy atom. The monoisotopic (exact) mass is 402 g/mol. The summed E-state index contributed by atoms with van der Waals surface area (Å²) in [5, 5.41) is 0.327. The number of hydrogen-bond acceptors (Lipinski definition) is 5. The van der Waals surface area contributed by atoms with Crippen LogP contribution in [0.25, 0.3) is 22.3 Å². The highest BCUT2D eigenvalue weighted by molar-refractivity contribution is 5.88. The molecule has 0 aliphatic carbocycles. The van der Waals surface area contributed by atoms with Crippen molar-refractivity contribution < 1.29 is 18.6 Å². The van der Waals surface area contributed by atoms with Gasteiger partial charge in [0.1, 0.15) is 22.5 Å². The van der Waals surface area contributed by atoms with Crippen molar-refractivity contribution in [2.24, 2.45) is 0 Å². The van der Waals surface area contributed by atoms with Gasteiger partial charge in [-0.15, -0.1) is 0 Å². The fourth-order valence-corrected chi connectivity index (χ4v) is 3.35. The van der Waals surface area contributed by atoms with Crippen molar-refractivity contribution in [3.63, 3.8) is 0 Å². The van der Waals surface area contributed by atoms with E-state index in [2.05, 4.69) is 0 Å². The molecular weight excluding hydrogens is 380 g/mol. The lowest BCUT2D eigenvalue weighted by Crippen LogP contribution is -2.13. The molecule has 0 N–H and O–H groups in total. The van der Waals surface area contributed by atoms with Crippen LogP contribution in [0.3, 0.4) is 0 Å². The van der Waals surface area contributed by atoms with E-state index in [-0.39, 0.29) is 11.2 Å². The summed E-state index contributed by atoms with van der Waals surface area (Å²) < 4.78 is 22.9. The van der Waals surface area contributed by atoms with Crippen LogP contribution in [0, 0.1) is 0 Å². The van der Waals surface area contributed by atoms with Gasteiger partial charge < -0.3 is 18.6 Å². The summed E-state index contributed by atoms with van der Waals surface area (Å²) in [6, 6.07) is 22.8. The normalized spacial score (nSPS) is 10.7. The summed E-state index contributed by atoms with van der Waals surface area (Å²) in [6.45, 7) is 0.346. The van der Waals surface area contributed by atoms with Crippen LogP contribution in [0.2, 0.25) is 0 Å². The van der Waals surface area contributed by atoms with E-state index < -0.39 is 0 Å². The minimum absolute atomic E-state index is 0.174. The number of ether oxygens (including phenoxy) is 3. The van der Waals surface area contributed by atoms with Gasteiger partial charge >= 0.3 is 0 Å². The fourth-order valence-electron chi connectivity index (χ4n) is 3.35. The highest BCUT2D eigenvalue weighted by Crippen LogP contribution is 2.36. The number of fused-ring (bicyclic) bond motifs is 1. The topological polar surface area (TPSA) is 57.9 Å². The van der Waals surface area contributed by atoms with Crippen molar-refractivity contribution in [2.75, 3.05) is 20.8 Å². The van der Waals surface area contributed by atoms with Gasteiger partial charge in [0.15, 0.2) is 5.76 Å². The molecule has 0 spiro atoms. The minimum atomic E-state index is -0.275. The van der Waals surface area contributed by atoms with Crippen LogP contribution in [0.1, 0.15) is 5.56 Å². The summed E-state index contributed by atoms with van der Waals surface area (Å²) in [6.07, 6.45) is 0.673. The zero-order valence-electron chi connectivity index (χ0n) is 16.9. The van der Waals surface area contributed by atoms with Gasteiger partial charge in [-0.2, -0.15) is 0 Å². The van der Waals surface area contributed by atoms with E-state index in [1.807, 2.05) is 60.7 Å². The van der Waals surface area contributed by atoms with E-state index >= 15 is 0 Å². The molecule has 0 saturated carbocycles. The van der Waals surface area contributed by atoms with E-state index in [1.54, 1.807) is 19.2 Å². The Morgan fingerprint density at radius 3 is 2.23 bits per heavy atom. The zero-order valence-corrected chi connectivity index (χ0v) is 16.9. The Bertz CT molecular complexity index is 1200. The van der Waals surface area contributed by atoms with Gasteiger partial charge in [0, 0.05) is 24.1 Å². The lowest BCUT2D eigenvalue weighted by molar-refractivity contribution is 0.312. The molecule has 5 nitrogen and oxygen atoms in total. The minimum Gasteiger partial charge on any atom is -0.496 e. The van der Waals surface area contributed by atoms with Crippen LogP contribution in [0.5, 0.6) is 17.2 Å². The van der Waals surface area contributed by atoms with Crippen LogP contribution >= 0.6 is 0 Å². The van der Waals surface area contributed by atoms with Gasteiger partial charge in [-0.3, -0.25) is 4.79 Å². The summed E-state index contributed by atoms with van der Waals surface area (Å²) in [7, 11) is 3.06. The molecule has 5 heteroatoms. The molecule has 0 aliphatic heterocycles. The summed E-state index contributed by atoms with van der Waals surface area (Å²) in [5.41, 5.74) is 1.99. The first kappa shape index (κ1) is 19.6. The zero-order chi connectivity index (χ0) is 20.9. The molecule has 4 rings (SSSR count). The van der Waals surface area contributed by atoms with Gasteiger partial charge in [-0.25, -0.2) is 0 Å². The third kappa shape index (κ3) is 3.87.